The highest BCUT2D eigenvalue weighted by molar-refractivity contribution is 6.38. The fourth-order valence-electron chi connectivity index (χ4n) is 4.25. The molecule has 8 nitrogen and oxygen atoms in total. The largest absolute Gasteiger partial charge is 0.350 e. The molecule has 0 aliphatic rings. The van der Waals surface area contributed by atoms with E-state index in [4.69, 9.17) is 28.3 Å². The summed E-state index contributed by atoms with van der Waals surface area (Å²) in [6.07, 6.45) is 1.63. The lowest BCUT2D eigenvalue weighted by Crippen LogP contribution is -2.12. The van der Waals surface area contributed by atoms with Gasteiger partial charge in [-0.05, 0) is 61.5 Å². The Labute approximate surface area is 219 Å². The molecule has 6 aromatic rings. The van der Waals surface area contributed by atoms with Gasteiger partial charge in [-0.15, -0.1) is 0 Å². The second kappa shape index (κ2) is 8.72. The molecule has 0 saturated carbocycles. The molecule has 1 amide bonds. The van der Waals surface area contributed by atoms with E-state index in [9.17, 15) is 9.18 Å². The van der Waals surface area contributed by atoms with Gasteiger partial charge in [0.1, 0.15) is 23.0 Å². The highest BCUT2D eigenvalue weighted by Gasteiger charge is 2.19. The molecule has 6 rings (SSSR count). The number of aromatic nitrogens is 6. The van der Waals surface area contributed by atoms with Gasteiger partial charge >= 0.3 is 0 Å². The van der Waals surface area contributed by atoms with Crippen LogP contribution in [0.5, 0.6) is 0 Å². The van der Waals surface area contributed by atoms with E-state index < -0.39 is 0 Å². The van der Waals surface area contributed by atoms with Gasteiger partial charge in [0.25, 0.3) is 5.91 Å². The van der Waals surface area contributed by atoms with Crippen molar-refractivity contribution in [3.8, 4) is 22.6 Å². The maximum absolute atomic E-state index is 13.5. The lowest BCUT2D eigenvalue weighted by molar-refractivity contribution is 0.102. The number of H-pyrrole nitrogens is 1. The van der Waals surface area contributed by atoms with Gasteiger partial charge in [-0.2, -0.15) is 5.10 Å². The molecule has 0 atom stereocenters. The Bertz CT molecular complexity index is 1840. The van der Waals surface area contributed by atoms with Crippen molar-refractivity contribution in [1.82, 2.24) is 29.1 Å². The van der Waals surface area contributed by atoms with E-state index in [1.165, 1.54) is 12.1 Å². The first-order chi connectivity index (χ1) is 17.8. The molecule has 2 N–H and O–H groups in total. The number of imidazole rings is 2. The van der Waals surface area contributed by atoms with Crippen LogP contribution in [0, 0.1) is 12.7 Å². The topological polar surface area (TPSA) is 92.9 Å². The Morgan fingerprint density at radius 2 is 1.84 bits per heavy atom. The van der Waals surface area contributed by atoms with Crippen molar-refractivity contribution in [1.29, 1.82) is 0 Å². The zero-order valence-electron chi connectivity index (χ0n) is 19.6. The number of rotatable bonds is 4. The summed E-state index contributed by atoms with van der Waals surface area (Å²) in [5.74, 6) is 0.421. The van der Waals surface area contributed by atoms with Gasteiger partial charge in [0.15, 0.2) is 11.5 Å². The third-order valence-electron chi connectivity index (χ3n) is 6.14. The number of carbonyl (C=O) groups is 1. The number of carbonyl (C=O) groups excluding carboxylic acids is 1. The second-order valence-corrected chi connectivity index (χ2v) is 9.40. The molecular weight excluding hydrogens is 516 g/mol. The SMILES string of the molecule is Cc1nc(-c2ccc(F)cc2)c(-c2ccc3nc(NC(=O)c4cc5c(Cl)cc(Cl)cc5[nH]4)cn3n2)n1C. The molecule has 4 heterocycles. The smallest absolute Gasteiger partial charge is 0.273 e. The normalized spacial score (nSPS) is 11.5. The molecule has 4 aromatic heterocycles. The first-order valence-electron chi connectivity index (χ1n) is 11.2. The van der Waals surface area contributed by atoms with Crippen LogP contribution in [0.2, 0.25) is 10.0 Å². The summed E-state index contributed by atoms with van der Waals surface area (Å²) in [6.45, 7) is 1.89. The number of nitrogens with zero attached hydrogens (tertiary/aromatic N) is 5. The first-order valence-corrected chi connectivity index (χ1v) is 12.0. The zero-order valence-corrected chi connectivity index (χ0v) is 21.1. The van der Waals surface area contributed by atoms with E-state index in [0.29, 0.717) is 49.5 Å². The highest BCUT2D eigenvalue weighted by atomic mass is 35.5. The summed E-state index contributed by atoms with van der Waals surface area (Å²) in [5, 5.41) is 9.12. The molecule has 0 radical (unpaired) electrons. The van der Waals surface area contributed by atoms with E-state index in [2.05, 4.69) is 20.3 Å². The van der Waals surface area contributed by atoms with Crippen LogP contribution < -0.4 is 5.32 Å². The van der Waals surface area contributed by atoms with Gasteiger partial charge in [0, 0.05) is 28.5 Å². The lowest BCUT2D eigenvalue weighted by atomic mass is 10.1. The van der Waals surface area contributed by atoms with Crippen LogP contribution in [0.15, 0.2) is 60.8 Å². The number of amides is 1. The maximum Gasteiger partial charge on any atom is 0.273 e. The minimum Gasteiger partial charge on any atom is -0.350 e. The summed E-state index contributed by atoms with van der Waals surface area (Å²) in [6, 6.07) is 14.8. The Morgan fingerprint density at radius 1 is 1.05 bits per heavy atom. The fraction of sp³-hybridized carbons (Fsp3) is 0.0769. The van der Waals surface area contributed by atoms with Crippen molar-refractivity contribution >= 4 is 51.5 Å². The van der Waals surface area contributed by atoms with Gasteiger partial charge in [-0.3, -0.25) is 4.79 Å². The number of hydrogen-bond acceptors (Lipinski definition) is 4. The van der Waals surface area contributed by atoms with Gasteiger partial charge < -0.3 is 14.9 Å². The predicted molar refractivity (Wildman–Crippen MR) is 142 cm³/mol. The Kier molecular flexibility index (Phi) is 5.47. The number of anilines is 1. The van der Waals surface area contributed by atoms with Crippen molar-refractivity contribution in [2.45, 2.75) is 6.92 Å². The second-order valence-electron chi connectivity index (χ2n) is 8.56. The molecule has 37 heavy (non-hydrogen) atoms. The van der Waals surface area contributed by atoms with Crippen LogP contribution in [-0.2, 0) is 7.05 Å². The van der Waals surface area contributed by atoms with E-state index in [0.717, 1.165) is 17.1 Å². The van der Waals surface area contributed by atoms with Crippen LogP contribution in [0.4, 0.5) is 10.2 Å². The molecule has 0 aliphatic carbocycles. The molecule has 11 heteroatoms. The first kappa shape index (κ1) is 23.2. The Balaban J connectivity index is 1.33. The third-order valence-corrected chi connectivity index (χ3v) is 6.67. The summed E-state index contributed by atoms with van der Waals surface area (Å²) < 4.78 is 17.0. The quantitative estimate of drug-likeness (QED) is 0.278. The number of aryl methyl sites for hydroxylation is 1. The number of nitrogens with one attached hydrogen (secondary N) is 2. The number of fused-ring (bicyclic) bond motifs is 2. The number of hydrogen-bond donors (Lipinski definition) is 2. The minimum absolute atomic E-state index is 0.315. The molecule has 184 valence electrons. The maximum atomic E-state index is 13.5. The van der Waals surface area contributed by atoms with Crippen molar-refractivity contribution < 1.29 is 9.18 Å². The van der Waals surface area contributed by atoms with Crippen molar-refractivity contribution in [2.24, 2.45) is 7.05 Å². The van der Waals surface area contributed by atoms with Gasteiger partial charge in [-0.1, -0.05) is 23.2 Å². The standard InChI is InChI=1S/C26H18Cl2FN7O/c1-13-30-24(14-3-5-16(29)6-4-14)25(35(13)2)19-7-8-23-32-22(12-36(23)34-19)33-26(37)21-11-17-18(28)9-15(27)10-20(17)31-21/h3-12,31H,1-2H3,(H,33,37). The molecule has 0 saturated heterocycles. The van der Waals surface area contributed by atoms with Gasteiger partial charge in [-0.25, -0.2) is 18.9 Å². The van der Waals surface area contributed by atoms with E-state index in [-0.39, 0.29) is 11.7 Å². The van der Waals surface area contributed by atoms with Gasteiger partial charge in [0.2, 0.25) is 0 Å². The van der Waals surface area contributed by atoms with Crippen LogP contribution in [0.3, 0.4) is 0 Å². The fourth-order valence-corrected chi connectivity index (χ4v) is 4.80. The third kappa shape index (κ3) is 4.12. The van der Waals surface area contributed by atoms with E-state index in [1.54, 1.807) is 47.1 Å². The van der Waals surface area contributed by atoms with Gasteiger partial charge in [0.05, 0.1) is 22.6 Å². The molecule has 0 unspecified atom stereocenters. The molecule has 0 aliphatic heterocycles. The van der Waals surface area contributed by atoms with E-state index >= 15 is 0 Å². The molecular formula is C26H18Cl2FN7O. The Morgan fingerprint density at radius 3 is 2.62 bits per heavy atom. The van der Waals surface area contributed by atoms with E-state index in [1.807, 2.05) is 24.6 Å². The summed E-state index contributed by atoms with van der Waals surface area (Å²) in [4.78, 5) is 25.1. The zero-order chi connectivity index (χ0) is 25.8. The van der Waals surface area contributed by atoms with Crippen LogP contribution in [0.25, 0.3) is 39.2 Å². The number of benzene rings is 2. The average molecular weight is 534 g/mol. The molecule has 0 fully saturated rings. The molecule has 0 bridgehead atoms. The van der Waals surface area contributed by atoms with Crippen LogP contribution in [-0.4, -0.2) is 35.0 Å². The average Bonchev–Trinajstić information content (AvgIpc) is 3.54. The number of aromatic amines is 1. The van der Waals surface area contributed by atoms with Crippen LogP contribution >= 0.6 is 23.2 Å². The van der Waals surface area contributed by atoms with Crippen LogP contribution in [0.1, 0.15) is 16.3 Å². The lowest BCUT2D eigenvalue weighted by Gasteiger charge is -2.07. The summed E-state index contributed by atoms with van der Waals surface area (Å²) in [7, 11) is 1.90. The molecule has 0 spiro atoms. The Hall–Kier alpha value is -4.21. The summed E-state index contributed by atoms with van der Waals surface area (Å²) >= 11 is 12.3. The minimum atomic E-state index is -0.382. The monoisotopic (exact) mass is 533 g/mol. The predicted octanol–water partition coefficient (Wildman–Crippen LogP) is 6.28. The molecule has 2 aromatic carbocycles. The number of halogens is 3. The van der Waals surface area contributed by atoms with Crippen molar-refractivity contribution in [2.75, 3.05) is 5.32 Å². The summed E-state index contributed by atoms with van der Waals surface area (Å²) in [5.41, 5.74) is 4.42. The highest BCUT2D eigenvalue weighted by Crippen LogP contribution is 2.32. The van der Waals surface area contributed by atoms with Crippen molar-refractivity contribution in [3.63, 3.8) is 0 Å². The van der Waals surface area contributed by atoms with Crippen molar-refractivity contribution in [3.05, 3.63) is 88.2 Å².